The third-order valence-corrected chi connectivity index (χ3v) is 6.61. The molecule has 11 heteroatoms. The van der Waals surface area contributed by atoms with Crippen molar-refractivity contribution in [3.8, 4) is 0 Å². The molecule has 0 bridgehead atoms. The third kappa shape index (κ3) is 4.96. The zero-order valence-electron chi connectivity index (χ0n) is 15.7. The van der Waals surface area contributed by atoms with Crippen LogP contribution in [0.1, 0.15) is 38.5 Å². The Balaban J connectivity index is 2.07. The van der Waals surface area contributed by atoms with Crippen molar-refractivity contribution in [3.63, 3.8) is 0 Å². The molecule has 3 N–H and O–H groups in total. The smallest absolute Gasteiger partial charge is 0.330 e. The molecule has 0 radical (unpaired) electrons. The van der Waals surface area contributed by atoms with Gasteiger partial charge in [0.05, 0.1) is 26.0 Å². The second kappa shape index (κ2) is 8.81. The Morgan fingerprint density at radius 3 is 2.59 bits per heavy atom. The van der Waals surface area contributed by atoms with Crippen LogP contribution >= 0.6 is 7.60 Å². The summed E-state index contributed by atoms with van der Waals surface area (Å²) in [6.07, 6.45) is -0.833. The summed E-state index contributed by atoms with van der Waals surface area (Å²) in [7, 11) is -3.25. The average Bonchev–Trinajstić information content (AvgIpc) is 2.87. The predicted octanol–water partition coefficient (Wildman–Crippen LogP) is 0.512. The van der Waals surface area contributed by atoms with Gasteiger partial charge < -0.3 is 24.0 Å². The van der Waals surface area contributed by atoms with Gasteiger partial charge in [0, 0.05) is 11.8 Å². The molecular weight excluding hydrogens is 379 g/mol. The lowest BCUT2D eigenvalue weighted by Crippen LogP contribution is -2.45. The van der Waals surface area contributed by atoms with Gasteiger partial charge in [-0.25, -0.2) is 4.79 Å². The van der Waals surface area contributed by atoms with E-state index >= 15 is 0 Å². The lowest BCUT2D eigenvalue weighted by molar-refractivity contribution is -0.0664. The van der Waals surface area contributed by atoms with Crippen molar-refractivity contribution in [2.24, 2.45) is 0 Å². The zero-order valence-corrected chi connectivity index (χ0v) is 16.6. The molecule has 154 valence electrons. The molecular formula is C16H27N2O8P. The normalized spacial score (nSPS) is 25.8. The molecule has 1 fully saturated rings. The van der Waals surface area contributed by atoms with E-state index in [1.165, 1.54) is 13.1 Å². The molecule has 0 aliphatic carbocycles. The van der Waals surface area contributed by atoms with E-state index in [1.807, 2.05) is 0 Å². The summed E-state index contributed by atoms with van der Waals surface area (Å²) in [5.41, 5.74) is -2.62. The highest BCUT2D eigenvalue weighted by molar-refractivity contribution is 7.53. The molecule has 3 atom stereocenters. The molecule has 0 unspecified atom stereocenters. The Hall–Kier alpha value is -1.29. The minimum absolute atomic E-state index is 0.0753. The fraction of sp³-hybridized carbons (Fsp3) is 0.750. The van der Waals surface area contributed by atoms with Crippen LogP contribution < -0.4 is 11.2 Å². The largest absolute Gasteiger partial charge is 0.385 e. The number of H-pyrrole nitrogens is 1. The summed E-state index contributed by atoms with van der Waals surface area (Å²) < 4.78 is 29.4. The van der Waals surface area contributed by atoms with Gasteiger partial charge in [-0.05, 0) is 33.6 Å². The van der Waals surface area contributed by atoms with Crippen LogP contribution in [0.15, 0.2) is 15.8 Å². The Morgan fingerprint density at radius 1 is 1.37 bits per heavy atom. The number of nitrogens with one attached hydrogen (secondary N) is 1. The summed E-state index contributed by atoms with van der Waals surface area (Å²) in [5, 5.41) is 21.3. The van der Waals surface area contributed by atoms with E-state index < -0.39 is 36.8 Å². The van der Waals surface area contributed by atoms with Gasteiger partial charge >= 0.3 is 13.3 Å². The number of ether oxygens (including phenoxy) is 1. The van der Waals surface area contributed by atoms with E-state index in [9.17, 15) is 24.4 Å². The van der Waals surface area contributed by atoms with Gasteiger partial charge in [-0.2, -0.15) is 0 Å². The van der Waals surface area contributed by atoms with Crippen molar-refractivity contribution in [2.45, 2.75) is 51.5 Å². The molecule has 0 aromatic carbocycles. The van der Waals surface area contributed by atoms with Crippen LogP contribution in [0.4, 0.5) is 0 Å². The first-order valence-corrected chi connectivity index (χ1v) is 10.6. The predicted molar refractivity (Wildman–Crippen MR) is 97.0 cm³/mol. The number of aromatic nitrogens is 2. The van der Waals surface area contributed by atoms with Crippen LogP contribution in [0, 0.1) is 6.92 Å². The number of aryl methyl sites for hydroxylation is 1. The highest BCUT2D eigenvalue weighted by Gasteiger charge is 2.49. The number of aromatic amines is 1. The molecule has 1 aliphatic rings. The van der Waals surface area contributed by atoms with Gasteiger partial charge in [0.1, 0.15) is 11.7 Å². The van der Waals surface area contributed by atoms with Crippen molar-refractivity contribution >= 4 is 7.60 Å². The van der Waals surface area contributed by atoms with Gasteiger partial charge in [0.15, 0.2) is 6.23 Å². The standard InChI is InChI=1S/C16H27N2O8P/c1-4-25-27(23,26-5-2)8-6-7-16(22)10-24-14(12(16)19)18-9-11(3)13(20)17-15(18)21/h9,12,14,19,22H,4-8,10H2,1-3H3,(H,17,20,21)/t12-,14+,16+/m0/s1. The Bertz CT molecular complexity index is 796. The highest BCUT2D eigenvalue weighted by atomic mass is 31.2. The van der Waals surface area contributed by atoms with Crippen LogP contribution in [0.2, 0.25) is 0 Å². The summed E-state index contributed by atoms with van der Waals surface area (Å²) in [6, 6.07) is 0. The molecule has 0 amide bonds. The summed E-state index contributed by atoms with van der Waals surface area (Å²) in [5.74, 6) is 0. The Morgan fingerprint density at radius 2 is 2.00 bits per heavy atom. The van der Waals surface area contributed by atoms with Crippen LogP contribution in [0.3, 0.4) is 0 Å². The van der Waals surface area contributed by atoms with Crippen molar-refractivity contribution in [3.05, 3.63) is 32.6 Å². The molecule has 2 rings (SSSR count). The van der Waals surface area contributed by atoms with Crippen molar-refractivity contribution < 1.29 is 28.6 Å². The van der Waals surface area contributed by atoms with E-state index in [2.05, 4.69) is 4.98 Å². The second-order valence-corrected chi connectivity index (χ2v) is 8.69. The minimum atomic E-state index is -3.25. The van der Waals surface area contributed by atoms with E-state index in [4.69, 9.17) is 13.8 Å². The van der Waals surface area contributed by atoms with Gasteiger partial charge in [0.25, 0.3) is 5.56 Å². The second-order valence-electron chi connectivity index (χ2n) is 6.50. The number of aliphatic hydroxyl groups is 2. The Kier molecular flexibility index (Phi) is 7.18. The average molecular weight is 406 g/mol. The van der Waals surface area contributed by atoms with Gasteiger partial charge in [-0.3, -0.25) is 18.9 Å². The summed E-state index contributed by atoms with van der Waals surface area (Å²) in [6.45, 7) is 5.20. The number of aliphatic hydroxyl groups excluding tert-OH is 1. The highest BCUT2D eigenvalue weighted by Crippen LogP contribution is 2.49. The third-order valence-electron chi connectivity index (χ3n) is 4.44. The molecule has 0 saturated carbocycles. The van der Waals surface area contributed by atoms with Crippen LogP contribution in [-0.2, 0) is 18.3 Å². The maximum absolute atomic E-state index is 12.5. The maximum Gasteiger partial charge on any atom is 0.330 e. The van der Waals surface area contributed by atoms with Crippen LogP contribution in [-0.4, -0.2) is 57.5 Å². The number of nitrogens with zero attached hydrogens (tertiary/aromatic N) is 1. The molecule has 1 aromatic rings. The first kappa shape index (κ1) is 22.0. The maximum atomic E-state index is 12.5. The summed E-state index contributed by atoms with van der Waals surface area (Å²) >= 11 is 0. The molecule has 1 saturated heterocycles. The van der Waals surface area contributed by atoms with E-state index in [-0.39, 0.29) is 44.4 Å². The SMILES string of the molecule is CCOP(=O)(CCC[C@@]1(O)CO[C@@H](n2cc(C)c(=O)[nH]c2=O)[C@@H]1O)OCC. The lowest BCUT2D eigenvalue weighted by Gasteiger charge is -2.27. The quantitative estimate of drug-likeness (QED) is 0.504. The number of hydrogen-bond acceptors (Lipinski definition) is 8. The number of rotatable bonds is 9. The minimum Gasteiger partial charge on any atom is -0.385 e. The molecule has 27 heavy (non-hydrogen) atoms. The molecule has 1 aliphatic heterocycles. The van der Waals surface area contributed by atoms with Crippen molar-refractivity contribution in [1.29, 1.82) is 0 Å². The van der Waals surface area contributed by atoms with Gasteiger partial charge in [0.2, 0.25) is 0 Å². The topological polar surface area (TPSA) is 140 Å². The fourth-order valence-electron chi connectivity index (χ4n) is 3.04. The van der Waals surface area contributed by atoms with E-state index in [0.717, 1.165) is 4.57 Å². The fourth-order valence-corrected chi connectivity index (χ4v) is 4.70. The summed E-state index contributed by atoms with van der Waals surface area (Å²) in [4.78, 5) is 25.6. The monoisotopic (exact) mass is 406 g/mol. The first-order valence-electron chi connectivity index (χ1n) is 8.88. The van der Waals surface area contributed by atoms with E-state index in [0.29, 0.717) is 0 Å². The molecule has 2 heterocycles. The zero-order chi connectivity index (χ0) is 20.2. The first-order chi connectivity index (χ1) is 12.7. The molecule has 1 aromatic heterocycles. The lowest BCUT2D eigenvalue weighted by atomic mass is 9.93. The van der Waals surface area contributed by atoms with Crippen LogP contribution in [0.5, 0.6) is 0 Å². The van der Waals surface area contributed by atoms with Crippen molar-refractivity contribution in [1.82, 2.24) is 9.55 Å². The molecule has 0 spiro atoms. The van der Waals surface area contributed by atoms with Gasteiger partial charge in [-0.15, -0.1) is 0 Å². The van der Waals surface area contributed by atoms with E-state index in [1.54, 1.807) is 13.8 Å². The number of hydrogen-bond donors (Lipinski definition) is 3. The van der Waals surface area contributed by atoms with Gasteiger partial charge in [-0.1, -0.05) is 0 Å². The van der Waals surface area contributed by atoms with Crippen LogP contribution in [0.25, 0.3) is 0 Å². The Labute approximate surface area is 156 Å². The molecule has 10 nitrogen and oxygen atoms in total. The van der Waals surface area contributed by atoms with Crippen molar-refractivity contribution in [2.75, 3.05) is 26.0 Å².